The summed E-state index contributed by atoms with van der Waals surface area (Å²) in [7, 11) is 1.80. The van der Waals surface area contributed by atoms with E-state index in [1.807, 2.05) is 24.3 Å². The number of carboxylic acid groups (broad SMARTS) is 1. The van der Waals surface area contributed by atoms with Crippen molar-refractivity contribution in [3.63, 3.8) is 0 Å². The zero-order chi connectivity index (χ0) is 15.4. The van der Waals surface area contributed by atoms with Crippen molar-refractivity contribution in [1.82, 2.24) is 15.1 Å². The Hall–Kier alpha value is -2.37. The Morgan fingerprint density at radius 1 is 1.38 bits per heavy atom. The van der Waals surface area contributed by atoms with Crippen LogP contribution in [-0.4, -0.2) is 33.3 Å². The molecule has 21 heavy (non-hydrogen) atoms. The van der Waals surface area contributed by atoms with E-state index in [4.69, 9.17) is 5.11 Å². The number of amides is 1. The summed E-state index contributed by atoms with van der Waals surface area (Å²) in [5, 5.41) is 16.6. The second kappa shape index (κ2) is 6.39. The highest BCUT2D eigenvalue weighted by atomic mass is 16.4. The van der Waals surface area contributed by atoms with Crippen molar-refractivity contribution in [1.29, 1.82) is 0 Å². The molecule has 0 saturated heterocycles. The molecule has 1 unspecified atom stereocenters. The second-order valence-electron chi connectivity index (χ2n) is 5.13. The lowest BCUT2D eigenvalue weighted by atomic mass is 10.1. The summed E-state index contributed by atoms with van der Waals surface area (Å²) in [6.45, 7) is 2.11. The van der Waals surface area contributed by atoms with Gasteiger partial charge in [-0.3, -0.25) is 14.3 Å². The van der Waals surface area contributed by atoms with Gasteiger partial charge in [-0.05, 0) is 18.9 Å². The molecule has 6 nitrogen and oxygen atoms in total. The lowest BCUT2D eigenvalue weighted by Gasteiger charge is -2.06. The fourth-order valence-electron chi connectivity index (χ4n) is 2.20. The Kier molecular flexibility index (Phi) is 4.57. The molecule has 0 spiro atoms. The minimum atomic E-state index is -0.808. The third-order valence-corrected chi connectivity index (χ3v) is 3.49. The molecule has 0 fully saturated rings. The monoisotopic (exact) mass is 289 g/mol. The van der Waals surface area contributed by atoms with E-state index in [1.165, 1.54) is 0 Å². The first-order valence-electron chi connectivity index (χ1n) is 6.93. The van der Waals surface area contributed by atoms with Crippen molar-refractivity contribution in [2.75, 3.05) is 6.54 Å². The highest BCUT2D eigenvalue weighted by Gasteiger charge is 2.15. The van der Waals surface area contributed by atoms with Gasteiger partial charge in [0.15, 0.2) is 5.69 Å². The molecule has 1 aromatic carbocycles. The molecule has 2 N–H and O–H groups in total. The van der Waals surface area contributed by atoms with Crippen LogP contribution in [0.15, 0.2) is 24.3 Å². The summed E-state index contributed by atoms with van der Waals surface area (Å²) >= 11 is 0. The average Bonchev–Trinajstić information content (AvgIpc) is 2.81. The molecule has 2 aromatic rings. The number of aryl methyl sites for hydroxylation is 1. The highest BCUT2D eigenvalue weighted by Crippen LogP contribution is 2.17. The summed E-state index contributed by atoms with van der Waals surface area (Å²) in [6, 6.07) is 7.55. The number of nitrogens with zero attached hydrogens (tertiary/aromatic N) is 2. The third-order valence-electron chi connectivity index (χ3n) is 3.49. The second-order valence-corrected chi connectivity index (χ2v) is 5.13. The standard InChI is InChI=1S/C15H19N3O3/c1-10(15(20)21)6-5-9-16-14(19)13-11-7-3-4-8-12(11)18(2)17-13/h3-4,7-8,10H,5-6,9H2,1-2H3,(H,16,19)(H,20,21). The Balaban J connectivity index is 1.95. The zero-order valence-corrected chi connectivity index (χ0v) is 12.2. The normalized spacial score (nSPS) is 12.3. The fraction of sp³-hybridized carbons (Fsp3) is 0.400. The van der Waals surface area contributed by atoms with E-state index in [0.717, 1.165) is 10.9 Å². The van der Waals surface area contributed by atoms with Crippen LogP contribution >= 0.6 is 0 Å². The van der Waals surface area contributed by atoms with E-state index in [2.05, 4.69) is 10.4 Å². The first-order valence-corrected chi connectivity index (χ1v) is 6.93. The number of aliphatic carboxylic acids is 1. The summed E-state index contributed by atoms with van der Waals surface area (Å²) in [5.41, 5.74) is 1.31. The average molecular weight is 289 g/mol. The maximum Gasteiger partial charge on any atom is 0.306 e. The topological polar surface area (TPSA) is 84.2 Å². The molecule has 2 rings (SSSR count). The lowest BCUT2D eigenvalue weighted by molar-refractivity contribution is -0.141. The van der Waals surface area contributed by atoms with Crippen LogP contribution in [0.4, 0.5) is 0 Å². The SMILES string of the molecule is CC(CCCNC(=O)c1nn(C)c2ccccc12)C(=O)O. The molecule has 0 aliphatic carbocycles. The van der Waals surface area contributed by atoms with Gasteiger partial charge in [0.05, 0.1) is 11.4 Å². The summed E-state index contributed by atoms with van der Waals surface area (Å²) in [6.07, 6.45) is 1.17. The largest absolute Gasteiger partial charge is 0.481 e. The van der Waals surface area contributed by atoms with Crippen molar-refractivity contribution in [3.8, 4) is 0 Å². The first kappa shape index (κ1) is 15.0. The quantitative estimate of drug-likeness (QED) is 0.794. The minimum Gasteiger partial charge on any atom is -0.481 e. The van der Waals surface area contributed by atoms with E-state index in [9.17, 15) is 9.59 Å². The minimum absolute atomic E-state index is 0.227. The molecule has 112 valence electrons. The van der Waals surface area contributed by atoms with Crippen molar-refractivity contribution in [3.05, 3.63) is 30.0 Å². The number of carbonyl (C=O) groups excluding carboxylic acids is 1. The van der Waals surface area contributed by atoms with Crippen LogP contribution in [-0.2, 0) is 11.8 Å². The Morgan fingerprint density at radius 2 is 2.10 bits per heavy atom. The number of hydrogen-bond donors (Lipinski definition) is 2. The van der Waals surface area contributed by atoms with Crippen LogP contribution in [0.5, 0.6) is 0 Å². The predicted molar refractivity (Wildman–Crippen MR) is 79.1 cm³/mol. The van der Waals surface area contributed by atoms with E-state index < -0.39 is 11.9 Å². The summed E-state index contributed by atoms with van der Waals surface area (Å²) < 4.78 is 1.68. The van der Waals surface area contributed by atoms with E-state index in [0.29, 0.717) is 25.1 Å². The molecule has 1 amide bonds. The molecule has 0 aliphatic heterocycles. The fourth-order valence-corrected chi connectivity index (χ4v) is 2.20. The molecule has 1 atom stereocenters. The van der Waals surface area contributed by atoms with Gasteiger partial charge >= 0.3 is 5.97 Å². The van der Waals surface area contributed by atoms with Gasteiger partial charge in [0.2, 0.25) is 0 Å². The van der Waals surface area contributed by atoms with Gasteiger partial charge in [-0.15, -0.1) is 0 Å². The maximum absolute atomic E-state index is 12.1. The lowest BCUT2D eigenvalue weighted by Crippen LogP contribution is -2.26. The first-order chi connectivity index (χ1) is 10.0. The third kappa shape index (κ3) is 3.39. The van der Waals surface area contributed by atoms with Gasteiger partial charge < -0.3 is 10.4 Å². The van der Waals surface area contributed by atoms with Crippen LogP contribution in [0.2, 0.25) is 0 Å². The molecule has 6 heteroatoms. The van der Waals surface area contributed by atoms with Crippen molar-refractivity contribution >= 4 is 22.8 Å². The van der Waals surface area contributed by atoms with E-state index in [1.54, 1.807) is 18.7 Å². The smallest absolute Gasteiger partial charge is 0.306 e. The molecule has 0 saturated carbocycles. The Labute approximate surface area is 122 Å². The number of nitrogens with one attached hydrogen (secondary N) is 1. The van der Waals surface area contributed by atoms with Gasteiger partial charge in [-0.1, -0.05) is 25.1 Å². The molecule has 0 radical (unpaired) electrons. The Morgan fingerprint density at radius 3 is 2.81 bits per heavy atom. The number of fused-ring (bicyclic) bond motifs is 1. The van der Waals surface area contributed by atoms with E-state index >= 15 is 0 Å². The van der Waals surface area contributed by atoms with Crippen LogP contribution in [0.3, 0.4) is 0 Å². The van der Waals surface area contributed by atoms with Gasteiger partial charge in [-0.25, -0.2) is 0 Å². The highest BCUT2D eigenvalue weighted by molar-refractivity contribution is 6.04. The molecule has 0 bridgehead atoms. The number of rotatable bonds is 6. The zero-order valence-electron chi connectivity index (χ0n) is 12.2. The van der Waals surface area contributed by atoms with Crippen LogP contribution in [0.25, 0.3) is 10.9 Å². The summed E-state index contributed by atoms with van der Waals surface area (Å²) in [4.78, 5) is 22.8. The van der Waals surface area contributed by atoms with Gasteiger partial charge in [0, 0.05) is 19.0 Å². The van der Waals surface area contributed by atoms with Gasteiger partial charge in [0.1, 0.15) is 0 Å². The van der Waals surface area contributed by atoms with Crippen molar-refractivity contribution in [2.24, 2.45) is 13.0 Å². The van der Waals surface area contributed by atoms with Crippen molar-refractivity contribution in [2.45, 2.75) is 19.8 Å². The van der Waals surface area contributed by atoms with Gasteiger partial charge in [0.25, 0.3) is 5.91 Å². The number of hydrogen-bond acceptors (Lipinski definition) is 3. The summed E-state index contributed by atoms with van der Waals surface area (Å²) in [5.74, 6) is -1.43. The molecule has 1 heterocycles. The number of carbonyl (C=O) groups is 2. The van der Waals surface area contributed by atoms with Crippen molar-refractivity contribution < 1.29 is 14.7 Å². The predicted octanol–water partition coefficient (Wildman–Crippen LogP) is 1.80. The molecule has 0 aliphatic rings. The molecular weight excluding hydrogens is 270 g/mol. The number of carboxylic acids is 1. The van der Waals surface area contributed by atoms with E-state index in [-0.39, 0.29) is 5.91 Å². The number of para-hydroxylation sites is 1. The van der Waals surface area contributed by atoms with Crippen LogP contribution < -0.4 is 5.32 Å². The maximum atomic E-state index is 12.1. The molecular formula is C15H19N3O3. The Bertz CT molecular complexity index is 663. The molecule has 1 aromatic heterocycles. The number of aromatic nitrogens is 2. The number of benzene rings is 1. The van der Waals surface area contributed by atoms with Crippen LogP contribution in [0, 0.1) is 5.92 Å². The van der Waals surface area contributed by atoms with Crippen LogP contribution in [0.1, 0.15) is 30.3 Å². The van der Waals surface area contributed by atoms with Gasteiger partial charge in [-0.2, -0.15) is 5.10 Å².